The van der Waals surface area contributed by atoms with E-state index in [9.17, 15) is 4.79 Å². The standard InChI is InChI=1S/C16H20O/c1-5-9-14(8-4)12-13-16(17)15(10-6-2)11-7-3/h5-13H,2H2,1,3-4H3/b9-5-,11-7-,13-12+,14-8+,15-10+. The Labute approximate surface area is 104 Å². The van der Waals surface area contributed by atoms with Crippen molar-refractivity contribution in [3.63, 3.8) is 0 Å². The summed E-state index contributed by atoms with van der Waals surface area (Å²) in [7, 11) is 0. The van der Waals surface area contributed by atoms with Crippen molar-refractivity contribution < 1.29 is 4.79 Å². The first kappa shape index (κ1) is 15.1. The molecule has 0 unspecified atom stereocenters. The van der Waals surface area contributed by atoms with Gasteiger partial charge in [0.1, 0.15) is 0 Å². The molecule has 0 rings (SSSR count). The summed E-state index contributed by atoms with van der Waals surface area (Å²) in [6, 6.07) is 0. The summed E-state index contributed by atoms with van der Waals surface area (Å²) in [4.78, 5) is 11.8. The largest absolute Gasteiger partial charge is 0.289 e. The Bertz CT molecular complexity index is 401. The van der Waals surface area contributed by atoms with Crippen LogP contribution < -0.4 is 0 Å². The quantitative estimate of drug-likeness (QED) is 0.488. The Morgan fingerprint density at radius 1 is 0.941 bits per heavy atom. The van der Waals surface area contributed by atoms with Gasteiger partial charge in [0.25, 0.3) is 0 Å². The molecule has 0 saturated heterocycles. The zero-order valence-corrected chi connectivity index (χ0v) is 10.8. The molecule has 0 aliphatic rings. The molecule has 0 aromatic carbocycles. The van der Waals surface area contributed by atoms with Crippen LogP contribution in [0, 0.1) is 0 Å². The lowest BCUT2D eigenvalue weighted by Crippen LogP contribution is -1.95. The van der Waals surface area contributed by atoms with Crippen molar-refractivity contribution >= 4 is 5.78 Å². The fourth-order valence-electron chi connectivity index (χ4n) is 1.23. The summed E-state index contributed by atoms with van der Waals surface area (Å²) < 4.78 is 0. The molecule has 0 aliphatic carbocycles. The maximum Gasteiger partial charge on any atom is 0.185 e. The highest BCUT2D eigenvalue weighted by molar-refractivity contribution is 6.06. The van der Waals surface area contributed by atoms with Crippen LogP contribution in [0.2, 0.25) is 0 Å². The molecule has 0 fully saturated rings. The third kappa shape index (κ3) is 6.31. The molecule has 0 aliphatic heterocycles. The maximum atomic E-state index is 11.8. The van der Waals surface area contributed by atoms with Gasteiger partial charge in [0.05, 0.1) is 0 Å². The predicted octanol–water partition coefficient (Wildman–Crippen LogP) is 4.32. The van der Waals surface area contributed by atoms with E-state index >= 15 is 0 Å². The van der Waals surface area contributed by atoms with E-state index < -0.39 is 0 Å². The number of ketones is 1. The minimum atomic E-state index is -0.0214. The van der Waals surface area contributed by atoms with Crippen LogP contribution >= 0.6 is 0 Å². The van der Waals surface area contributed by atoms with Crippen molar-refractivity contribution in [3.8, 4) is 0 Å². The van der Waals surface area contributed by atoms with Crippen molar-refractivity contribution in [1.82, 2.24) is 0 Å². The Balaban J connectivity index is 4.89. The third-order valence-corrected chi connectivity index (χ3v) is 2.05. The van der Waals surface area contributed by atoms with Gasteiger partial charge in [-0.05, 0) is 32.4 Å². The second-order valence-electron chi connectivity index (χ2n) is 3.34. The molecule has 1 heteroatoms. The van der Waals surface area contributed by atoms with Crippen molar-refractivity contribution in [1.29, 1.82) is 0 Å². The van der Waals surface area contributed by atoms with Gasteiger partial charge in [-0.25, -0.2) is 0 Å². The average molecular weight is 228 g/mol. The lowest BCUT2D eigenvalue weighted by atomic mass is 10.1. The van der Waals surface area contributed by atoms with Gasteiger partial charge in [-0.2, -0.15) is 0 Å². The van der Waals surface area contributed by atoms with Crippen molar-refractivity contribution in [3.05, 3.63) is 72.4 Å². The number of hydrogen-bond donors (Lipinski definition) is 0. The van der Waals surface area contributed by atoms with Crippen LogP contribution in [0.15, 0.2) is 72.4 Å². The van der Waals surface area contributed by atoms with Crippen LogP contribution in [0.25, 0.3) is 0 Å². The number of rotatable bonds is 6. The highest BCUT2D eigenvalue weighted by atomic mass is 16.1. The smallest absolute Gasteiger partial charge is 0.185 e. The van der Waals surface area contributed by atoms with E-state index in [0.717, 1.165) is 5.57 Å². The van der Waals surface area contributed by atoms with Gasteiger partial charge in [0.15, 0.2) is 5.78 Å². The first-order valence-corrected chi connectivity index (χ1v) is 5.66. The van der Waals surface area contributed by atoms with E-state index in [2.05, 4.69) is 6.58 Å². The Kier molecular flexibility index (Phi) is 8.31. The molecular formula is C16H20O. The first-order valence-electron chi connectivity index (χ1n) is 5.66. The molecular weight excluding hydrogens is 208 g/mol. The van der Waals surface area contributed by atoms with Crippen molar-refractivity contribution in [2.75, 3.05) is 0 Å². The van der Waals surface area contributed by atoms with Crippen LogP contribution in [-0.4, -0.2) is 5.78 Å². The molecule has 0 aromatic rings. The van der Waals surface area contributed by atoms with Crippen molar-refractivity contribution in [2.24, 2.45) is 0 Å². The zero-order valence-electron chi connectivity index (χ0n) is 10.8. The molecule has 0 aromatic heterocycles. The fraction of sp³-hybridized carbons (Fsp3) is 0.188. The van der Waals surface area contributed by atoms with E-state index in [4.69, 9.17) is 0 Å². The summed E-state index contributed by atoms with van der Waals surface area (Å²) >= 11 is 0. The number of allylic oxidation sites excluding steroid dienone is 11. The van der Waals surface area contributed by atoms with Crippen LogP contribution in [0.5, 0.6) is 0 Å². The fourth-order valence-corrected chi connectivity index (χ4v) is 1.23. The second kappa shape index (κ2) is 9.34. The molecule has 0 atom stereocenters. The predicted molar refractivity (Wildman–Crippen MR) is 75.8 cm³/mol. The van der Waals surface area contributed by atoms with Crippen LogP contribution in [0.3, 0.4) is 0 Å². The van der Waals surface area contributed by atoms with Gasteiger partial charge >= 0.3 is 0 Å². The molecule has 0 heterocycles. The molecule has 1 nitrogen and oxygen atoms in total. The molecule has 0 amide bonds. The van der Waals surface area contributed by atoms with Crippen LogP contribution in [0.4, 0.5) is 0 Å². The topological polar surface area (TPSA) is 17.1 Å². The summed E-state index contributed by atoms with van der Waals surface area (Å²) in [6.07, 6.45) is 16.2. The lowest BCUT2D eigenvalue weighted by molar-refractivity contribution is -0.111. The van der Waals surface area contributed by atoms with E-state index in [0.29, 0.717) is 5.57 Å². The lowest BCUT2D eigenvalue weighted by Gasteiger charge is -1.95. The minimum absolute atomic E-state index is 0.0214. The Hall–Kier alpha value is -1.89. The summed E-state index contributed by atoms with van der Waals surface area (Å²) in [5, 5.41) is 0. The molecule has 90 valence electrons. The molecule has 0 spiro atoms. The van der Waals surface area contributed by atoms with Gasteiger partial charge in [0, 0.05) is 5.57 Å². The van der Waals surface area contributed by atoms with Gasteiger partial charge in [-0.1, -0.05) is 55.2 Å². The number of carbonyl (C=O) groups is 1. The molecule has 0 bridgehead atoms. The minimum Gasteiger partial charge on any atom is -0.289 e. The van der Waals surface area contributed by atoms with Crippen molar-refractivity contribution in [2.45, 2.75) is 20.8 Å². The Morgan fingerprint density at radius 3 is 2.06 bits per heavy atom. The molecule has 17 heavy (non-hydrogen) atoms. The first-order chi connectivity index (χ1) is 8.19. The van der Waals surface area contributed by atoms with Gasteiger partial charge in [0.2, 0.25) is 0 Å². The summed E-state index contributed by atoms with van der Waals surface area (Å²) in [5.74, 6) is -0.0214. The Morgan fingerprint density at radius 2 is 1.59 bits per heavy atom. The maximum absolute atomic E-state index is 11.8. The zero-order chi connectivity index (χ0) is 13.1. The van der Waals surface area contributed by atoms with E-state index in [1.165, 1.54) is 0 Å². The van der Waals surface area contributed by atoms with Crippen LogP contribution in [0.1, 0.15) is 20.8 Å². The molecule has 0 N–H and O–H groups in total. The van der Waals surface area contributed by atoms with E-state index in [1.807, 2.05) is 51.2 Å². The average Bonchev–Trinajstić information content (AvgIpc) is 2.33. The van der Waals surface area contributed by atoms with Gasteiger partial charge in [-0.3, -0.25) is 4.79 Å². The monoisotopic (exact) mass is 228 g/mol. The number of hydrogen-bond acceptors (Lipinski definition) is 1. The summed E-state index contributed by atoms with van der Waals surface area (Å²) in [6.45, 7) is 9.36. The molecule has 0 saturated carbocycles. The number of carbonyl (C=O) groups excluding carboxylic acids is 1. The van der Waals surface area contributed by atoms with E-state index in [-0.39, 0.29) is 5.78 Å². The van der Waals surface area contributed by atoms with Crippen LogP contribution in [-0.2, 0) is 4.79 Å². The van der Waals surface area contributed by atoms with E-state index in [1.54, 1.807) is 24.3 Å². The second-order valence-corrected chi connectivity index (χ2v) is 3.34. The third-order valence-electron chi connectivity index (χ3n) is 2.05. The normalized spacial score (nSPS) is 14.1. The highest BCUT2D eigenvalue weighted by Gasteiger charge is 2.00. The SMILES string of the molecule is C=C/C=C(\C=C/C)C(=O)/C=C/C(/C=C\C)=C/C. The highest BCUT2D eigenvalue weighted by Crippen LogP contribution is 2.04. The van der Waals surface area contributed by atoms with Gasteiger partial charge < -0.3 is 0 Å². The van der Waals surface area contributed by atoms with Gasteiger partial charge in [-0.15, -0.1) is 0 Å². The summed E-state index contributed by atoms with van der Waals surface area (Å²) in [5.41, 5.74) is 1.65. The molecule has 0 radical (unpaired) electrons.